The highest BCUT2D eigenvalue weighted by Gasteiger charge is 2.49. The molecule has 3 nitrogen and oxygen atoms in total. The maximum absolute atomic E-state index is 12.2. The van der Waals surface area contributed by atoms with Crippen LogP contribution < -0.4 is 0 Å². The fourth-order valence-corrected chi connectivity index (χ4v) is 2.57. The molecule has 0 amide bonds. The lowest BCUT2D eigenvalue weighted by atomic mass is 9.89. The topological polar surface area (TPSA) is 46.9 Å². The van der Waals surface area contributed by atoms with Crippen LogP contribution in [-0.4, -0.2) is 5.06 Å². The molecule has 83 valence electrons. The number of rotatable bonds is 0. The van der Waals surface area contributed by atoms with Crippen molar-refractivity contribution in [1.29, 1.82) is 5.26 Å². The van der Waals surface area contributed by atoms with Gasteiger partial charge < -0.3 is 0 Å². The molecule has 1 aromatic rings. The Morgan fingerprint density at radius 3 is 2.25 bits per heavy atom. The van der Waals surface area contributed by atoms with E-state index in [0.717, 1.165) is 16.2 Å². The average molecular weight is 215 g/mol. The van der Waals surface area contributed by atoms with Crippen molar-refractivity contribution in [3.05, 3.63) is 34.9 Å². The van der Waals surface area contributed by atoms with E-state index < -0.39 is 11.1 Å². The van der Waals surface area contributed by atoms with Gasteiger partial charge in [-0.2, -0.15) is 5.26 Å². The maximum Gasteiger partial charge on any atom is 0.0991 e. The molecule has 0 saturated carbocycles. The van der Waals surface area contributed by atoms with Crippen LogP contribution in [0.25, 0.3) is 0 Å². The van der Waals surface area contributed by atoms with Gasteiger partial charge in [-0.25, -0.2) is 0 Å². The molecule has 0 saturated heterocycles. The predicted molar refractivity (Wildman–Crippen MR) is 59.7 cm³/mol. The van der Waals surface area contributed by atoms with Gasteiger partial charge in [-0.05, 0) is 51.0 Å². The minimum atomic E-state index is -0.564. The summed E-state index contributed by atoms with van der Waals surface area (Å²) in [6.45, 7) is 7.63. The lowest BCUT2D eigenvalue weighted by molar-refractivity contribution is -0.266. The van der Waals surface area contributed by atoms with Crippen molar-refractivity contribution in [3.8, 4) is 6.07 Å². The quantitative estimate of drug-likeness (QED) is 0.668. The number of nitrogens with zero attached hydrogens (tertiary/aromatic N) is 2. The zero-order chi connectivity index (χ0) is 12.1. The van der Waals surface area contributed by atoms with Crippen LogP contribution in [0.2, 0.25) is 0 Å². The van der Waals surface area contributed by atoms with Crippen molar-refractivity contribution < 1.29 is 5.21 Å². The van der Waals surface area contributed by atoms with E-state index in [9.17, 15) is 5.21 Å². The monoisotopic (exact) mass is 215 g/mol. The largest absolute Gasteiger partial charge is 0.192 e. The predicted octanol–water partition coefficient (Wildman–Crippen LogP) is 2.69. The van der Waals surface area contributed by atoms with Gasteiger partial charge in [-0.3, -0.25) is 0 Å². The number of hydrogen-bond acceptors (Lipinski definition) is 2. The number of nitriles is 1. The summed E-state index contributed by atoms with van der Waals surface area (Å²) in [6, 6.07) is 7.61. The summed E-state index contributed by atoms with van der Waals surface area (Å²) in [6.07, 6.45) is 0. The first-order chi connectivity index (χ1) is 7.31. The Balaban J connectivity index is 2.71. The smallest absolute Gasteiger partial charge is 0.0991 e. The van der Waals surface area contributed by atoms with E-state index in [4.69, 9.17) is 5.26 Å². The van der Waals surface area contributed by atoms with Gasteiger partial charge in [0.1, 0.15) is 0 Å². The molecule has 1 heterocycles. The molecule has 0 aromatic heterocycles. The van der Waals surface area contributed by atoms with Gasteiger partial charge in [0.2, 0.25) is 0 Å². The maximum atomic E-state index is 12.2. The Labute approximate surface area is 95.9 Å². The molecular weight excluding hydrogens is 200 g/mol. The molecule has 0 spiro atoms. The molecule has 3 heteroatoms. The molecule has 16 heavy (non-hydrogen) atoms. The number of fused-ring (bicyclic) bond motifs is 1. The second-order valence-electron chi connectivity index (χ2n) is 5.28. The summed E-state index contributed by atoms with van der Waals surface area (Å²) in [5, 5.41) is 22.2. The second kappa shape index (κ2) is 3.07. The van der Waals surface area contributed by atoms with Crippen LogP contribution in [0.5, 0.6) is 0 Å². The first kappa shape index (κ1) is 11.1. The molecule has 0 atom stereocenters. The normalized spacial score (nSPS) is 21.5. The highest BCUT2D eigenvalue weighted by atomic mass is 16.5. The van der Waals surface area contributed by atoms with Crippen LogP contribution in [0, 0.1) is 11.3 Å². The first-order valence-corrected chi connectivity index (χ1v) is 5.34. The van der Waals surface area contributed by atoms with E-state index >= 15 is 0 Å². The van der Waals surface area contributed by atoms with Gasteiger partial charge in [0.15, 0.2) is 0 Å². The summed E-state index contributed by atoms with van der Waals surface area (Å²) in [5.41, 5.74) is 1.51. The summed E-state index contributed by atoms with van der Waals surface area (Å²) in [4.78, 5) is 0. The van der Waals surface area contributed by atoms with Crippen LogP contribution in [0.15, 0.2) is 18.2 Å². The molecule has 0 fully saturated rings. The van der Waals surface area contributed by atoms with E-state index in [-0.39, 0.29) is 0 Å². The standard InChI is InChI=1S/C13H15N2O/c1-12(2)10-6-5-9(8-14)7-11(10)13(3,4)15(12)16/h5-7H,1-4H3. The van der Waals surface area contributed by atoms with Crippen LogP contribution in [-0.2, 0) is 16.3 Å². The molecule has 1 aliphatic rings. The van der Waals surface area contributed by atoms with Crippen molar-refractivity contribution in [2.75, 3.05) is 0 Å². The fraction of sp³-hybridized carbons (Fsp3) is 0.462. The Bertz CT molecular complexity index is 483. The zero-order valence-electron chi connectivity index (χ0n) is 10.0. The molecule has 1 aliphatic heterocycles. The van der Waals surface area contributed by atoms with Gasteiger partial charge >= 0.3 is 0 Å². The molecular formula is C13H15N2O. The molecule has 0 bridgehead atoms. The van der Waals surface area contributed by atoms with Crippen LogP contribution >= 0.6 is 0 Å². The second-order valence-corrected chi connectivity index (χ2v) is 5.28. The number of hydrogen-bond donors (Lipinski definition) is 0. The van der Waals surface area contributed by atoms with Crippen molar-refractivity contribution in [3.63, 3.8) is 0 Å². The lowest BCUT2D eigenvalue weighted by Crippen LogP contribution is -2.41. The molecule has 1 aromatic carbocycles. The third kappa shape index (κ3) is 1.21. The fourth-order valence-electron chi connectivity index (χ4n) is 2.57. The Hall–Kier alpha value is -1.37. The minimum Gasteiger partial charge on any atom is -0.192 e. The van der Waals surface area contributed by atoms with E-state index in [1.165, 1.54) is 0 Å². The Kier molecular flexibility index (Phi) is 2.13. The van der Waals surface area contributed by atoms with E-state index in [1.54, 1.807) is 6.07 Å². The van der Waals surface area contributed by atoms with Crippen molar-refractivity contribution in [2.45, 2.75) is 38.8 Å². The third-order valence-corrected chi connectivity index (χ3v) is 3.48. The van der Waals surface area contributed by atoms with Gasteiger partial charge in [-0.1, -0.05) is 6.07 Å². The highest BCUT2D eigenvalue weighted by molar-refractivity contribution is 5.47. The third-order valence-electron chi connectivity index (χ3n) is 3.48. The van der Waals surface area contributed by atoms with Crippen LogP contribution in [0.1, 0.15) is 44.4 Å². The molecule has 1 radical (unpaired) electrons. The number of benzene rings is 1. The van der Waals surface area contributed by atoms with Crippen LogP contribution in [0.4, 0.5) is 0 Å². The summed E-state index contributed by atoms with van der Waals surface area (Å²) in [7, 11) is 0. The molecule has 2 rings (SSSR count). The lowest BCUT2D eigenvalue weighted by Gasteiger charge is -2.32. The van der Waals surface area contributed by atoms with Crippen LogP contribution in [0.3, 0.4) is 0 Å². The van der Waals surface area contributed by atoms with Crippen molar-refractivity contribution >= 4 is 0 Å². The van der Waals surface area contributed by atoms with Crippen molar-refractivity contribution in [1.82, 2.24) is 5.06 Å². The number of hydroxylamine groups is 2. The Morgan fingerprint density at radius 2 is 1.69 bits per heavy atom. The van der Waals surface area contributed by atoms with Gasteiger partial charge in [0.25, 0.3) is 0 Å². The molecule has 0 unspecified atom stereocenters. The highest BCUT2D eigenvalue weighted by Crippen LogP contribution is 2.48. The molecule has 0 N–H and O–H groups in total. The van der Waals surface area contributed by atoms with Gasteiger partial charge in [0.05, 0.1) is 22.7 Å². The van der Waals surface area contributed by atoms with Gasteiger partial charge in [0, 0.05) is 0 Å². The average Bonchev–Trinajstić information content (AvgIpc) is 2.38. The SMILES string of the molecule is CC1(C)c2ccc(C#N)cc2C(C)(C)N1[O]. The first-order valence-electron chi connectivity index (χ1n) is 5.34. The van der Waals surface area contributed by atoms with E-state index in [1.807, 2.05) is 39.8 Å². The minimum absolute atomic E-state index is 0.521. The molecule has 0 aliphatic carbocycles. The van der Waals surface area contributed by atoms with E-state index in [0.29, 0.717) is 5.56 Å². The Morgan fingerprint density at radius 1 is 1.12 bits per heavy atom. The summed E-state index contributed by atoms with van der Waals surface area (Å²) in [5.74, 6) is 0. The van der Waals surface area contributed by atoms with E-state index in [2.05, 4.69) is 6.07 Å². The zero-order valence-corrected chi connectivity index (χ0v) is 10.0. The van der Waals surface area contributed by atoms with Crippen molar-refractivity contribution in [2.24, 2.45) is 0 Å². The summed E-state index contributed by atoms with van der Waals surface area (Å²) >= 11 is 0. The van der Waals surface area contributed by atoms with Gasteiger partial charge in [-0.15, -0.1) is 10.3 Å². The summed E-state index contributed by atoms with van der Waals surface area (Å²) < 4.78 is 0.